The fourth-order valence-electron chi connectivity index (χ4n) is 9.82. The number of amides is 4. The maximum absolute atomic E-state index is 13.9. The summed E-state index contributed by atoms with van der Waals surface area (Å²) in [5, 5.41) is 5.47. The Kier molecular flexibility index (Phi) is 13.4. The molecule has 0 radical (unpaired) electrons. The Balaban J connectivity index is 1.08. The van der Waals surface area contributed by atoms with Gasteiger partial charge in [-0.1, -0.05) is 89.2 Å². The molecule has 5 atom stereocenters. The maximum Gasteiger partial charge on any atom is 0.407 e. The van der Waals surface area contributed by atoms with E-state index in [1.165, 1.54) is 42.0 Å². The van der Waals surface area contributed by atoms with Gasteiger partial charge in [0.2, 0.25) is 11.8 Å². The van der Waals surface area contributed by atoms with Crippen molar-refractivity contribution in [2.45, 2.75) is 110 Å². The second-order valence-electron chi connectivity index (χ2n) is 18.5. The fourth-order valence-corrected chi connectivity index (χ4v) is 9.82. The number of ether oxygens (including phenoxy) is 2. The van der Waals surface area contributed by atoms with Crippen LogP contribution in [0, 0.1) is 11.8 Å². The Morgan fingerprint density at radius 1 is 0.662 bits per heavy atom. The summed E-state index contributed by atoms with van der Waals surface area (Å²) in [6.45, 7) is 11.1. The van der Waals surface area contributed by atoms with Crippen molar-refractivity contribution in [1.82, 2.24) is 40.4 Å². The number of benzene rings is 3. The summed E-state index contributed by atoms with van der Waals surface area (Å²) in [6.07, 6.45) is 8.38. The summed E-state index contributed by atoms with van der Waals surface area (Å²) in [4.78, 5) is 72.7. The highest BCUT2D eigenvalue weighted by Gasteiger charge is 2.39. The average Bonchev–Trinajstić information content (AvgIpc) is 4.16. The van der Waals surface area contributed by atoms with Crippen LogP contribution in [0.3, 0.4) is 0 Å². The van der Waals surface area contributed by atoms with Crippen molar-refractivity contribution in [2.75, 3.05) is 27.3 Å². The van der Waals surface area contributed by atoms with Crippen LogP contribution in [-0.4, -0.2) is 93.1 Å². The lowest BCUT2D eigenvalue weighted by Gasteiger charge is -2.30. The van der Waals surface area contributed by atoms with Crippen LogP contribution in [0.2, 0.25) is 0 Å². The van der Waals surface area contributed by atoms with Gasteiger partial charge in [-0.2, -0.15) is 0 Å². The van der Waals surface area contributed by atoms with Crippen molar-refractivity contribution < 1.29 is 28.7 Å². The van der Waals surface area contributed by atoms with Gasteiger partial charge in [0, 0.05) is 36.6 Å². The predicted molar refractivity (Wildman–Crippen MR) is 249 cm³/mol. The zero-order chi connectivity index (χ0) is 45.9. The number of hydrogen-bond acceptors (Lipinski definition) is 8. The first kappa shape index (κ1) is 45.1. The smallest absolute Gasteiger partial charge is 0.407 e. The van der Waals surface area contributed by atoms with Gasteiger partial charge in [-0.25, -0.2) is 19.6 Å². The van der Waals surface area contributed by atoms with E-state index in [1.807, 2.05) is 49.9 Å². The van der Waals surface area contributed by atoms with Crippen molar-refractivity contribution in [3.05, 3.63) is 107 Å². The minimum absolute atomic E-state index is 0.115. The molecule has 0 saturated carbocycles. The Morgan fingerprint density at radius 2 is 1.17 bits per heavy atom. The maximum atomic E-state index is 13.9. The van der Waals surface area contributed by atoms with Crippen molar-refractivity contribution in [3.63, 3.8) is 0 Å². The lowest BCUT2D eigenvalue weighted by atomic mass is 9.84. The van der Waals surface area contributed by atoms with Gasteiger partial charge in [0.05, 0.1) is 37.7 Å². The number of aromatic nitrogens is 4. The molecule has 6 aliphatic rings. The molecule has 5 aromatic rings. The largest absolute Gasteiger partial charge is 0.453 e. The molecule has 2 fully saturated rings. The van der Waals surface area contributed by atoms with Gasteiger partial charge < -0.3 is 39.9 Å². The lowest BCUT2D eigenvalue weighted by Crippen LogP contribution is -2.51. The number of carbonyl (C=O) groups excluding carboxylic acids is 4. The lowest BCUT2D eigenvalue weighted by molar-refractivity contribution is -0.136. The molecule has 4 aliphatic carbocycles. The van der Waals surface area contributed by atoms with Gasteiger partial charge in [0.25, 0.3) is 0 Å². The molecule has 11 rings (SSSR count). The van der Waals surface area contributed by atoms with Crippen molar-refractivity contribution in [2.24, 2.45) is 11.8 Å². The summed E-state index contributed by atoms with van der Waals surface area (Å²) in [5.41, 5.74) is 11.0. The van der Waals surface area contributed by atoms with Gasteiger partial charge in [-0.05, 0) is 102 Å². The molecule has 65 heavy (non-hydrogen) atoms. The summed E-state index contributed by atoms with van der Waals surface area (Å²) in [7, 11) is 2.60. The number of H-pyrrole nitrogens is 2. The number of methoxy groups -OCH3 is 2. The molecular formula is C51H62N8O6. The second kappa shape index (κ2) is 19.3. The number of nitrogens with one attached hydrogen (secondary N) is 4. The Bertz CT molecular complexity index is 2510. The Hall–Kier alpha value is -6.44. The Morgan fingerprint density at radius 3 is 1.71 bits per heavy atom. The molecule has 14 heteroatoms. The van der Waals surface area contributed by atoms with E-state index < -0.39 is 24.3 Å². The van der Waals surface area contributed by atoms with Gasteiger partial charge >= 0.3 is 12.2 Å². The Labute approximate surface area is 381 Å². The molecule has 342 valence electrons. The first-order chi connectivity index (χ1) is 31.3. The summed E-state index contributed by atoms with van der Waals surface area (Å²) in [5.74, 6) is 1.21. The van der Waals surface area contributed by atoms with Gasteiger partial charge in [-0.15, -0.1) is 0 Å². The van der Waals surface area contributed by atoms with Crippen molar-refractivity contribution >= 4 is 24.0 Å². The SMILES string of the molecule is COC(=O)N[C@H](C(=O)N1CCC[C@H]1c1nc(-c2ccc(-c3cc4c(-c5c[nH]c([C@@H]6CCCN6C(=O)[C@@H](NC(=O)OC)C(C)C)n5)cc3CCc3ccc(cc3)[C@H](C)C4)cc2)c[nH]1)C(C)C. The third kappa shape index (κ3) is 9.53. The number of carbonyl (C=O) groups is 4. The number of nitrogens with zero attached hydrogens (tertiary/aromatic N) is 4. The second-order valence-corrected chi connectivity index (χ2v) is 18.5. The number of likely N-dealkylation sites (tertiary alicyclic amines) is 2. The molecule has 4 N–H and O–H groups in total. The van der Waals surface area contributed by atoms with Gasteiger partial charge in [0.1, 0.15) is 23.7 Å². The van der Waals surface area contributed by atoms with E-state index in [0.29, 0.717) is 13.1 Å². The number of aromatic amines is 2. The standard InChI is InChI=1S/C51H62N8O6/c1-29(2)44(56-50(62)64-6)48(60)58-22-8-10-42(58)46-52-27-40(54-46)35-20-18-34(19-21-35)38-26-37-24-31(5)33-15-12-32(13-16-33)14-17-36(38)25-39(37)41-28-53-47(55-41)43-11-9-23-59(43)49(61)45(30(3)4)57-51(63)65-7/h12-13,15-16,18-21,25-31,42-45H,8-11,14,17,22-24H2,1-7H3,(H,52,54)(H,53,55)(H,56,62)(H,57,63)/t31-,42+,43+,44+,45+/m1/s1. The van der Waals surface area contributed by atoms with E-state index in [9.17, 15) is 19.2 Å². The zero-order valence-electron chi connectivity index (χ0n) is 38.6. The number of alkyl carbamates (subject to hydrolysis) is 2. The third-order valence-corrected chi connectivity index (χ3v) is 13.5. The van der Waals surface area contributed by atoms with Crippen LogP contribution < -0.4 is 10.6 Å². The molecule has 2 saturated heterocycles. The van der Waals surface area contributed by atoms with Gasteiger partial charge in [0.15, 0.2) is 0 Å². The number of rotatable bonds is 11. The number of aryl methyl sites for hydroxylation is 2. The van der Waals surface area contributed by atoms with Crippen molar-refractivity contribution in [3.8, 4) is 33.6 Å². The van der Waals surface area contributed by atoms with E-state index in [-0.39, 0.29) is 41.7 Å². The average molecular weight is 883 g/mol. The van der Waals surface area contributed by atoms with Crippen LogP contribution in [0.15, 0.2) is 73.1 Å². The number of hydrogen-bond donors (Lipinski definition) is 4. The van der Waals surface area contributed by atoms with Crippen LogP contribution in [0.4, 0.5) is 9.59 Å². The summed E-state index contributed by atoms with van der Waals surface area (Å²) < 4.78 is 9.65. The topological polar surface area (TPSA) is 175 Å². The quantitative estimate of drug-likeness (QED) is 0.102. The van der Waals surface area contributed by atoms with E-state index in [4.69, 9.17) is 19.4 Å². The minimum Gasteiger partial charge on any atom is -0.453 e. The van der Waals surface area contributed by atoms with E-state index in [2.05, 4.69) is 88.2 Å². The molecule has 0 unspecified atom stereocenters. The van der Waals surface area contributed by atoms with Crippen LogP contribution in [0.25, 0.3) is 33.6 Å². The minimum atomic E-state index is -0.708. The van der Waals surface area contributed by atoms with Crippen LogP contribution in [0.1, 0.15) is 112 Å². The normalized spacial score (nSPS) is 19.2. The summed E-state index contributed by atoms with van der Waals surface area (Å²) >= 11 is 0. The molecule has 3 aromatic carbocycles. The van der Waals surface area contributed by atoms with Crippen molar-refractivity contribution in [1.29, 1.82) is 0 Å². The molecule has 2 aromatic heterocycles. The van der Waals surface area contributed by atoms with Crippen LogP contribution in [-0.2, 0) is 38.3 Å². The zero-order valence-corrected chi connectivity index (χ0v) is 38.6. The molecular weight excluding hydrogens is 821 g/mol. The fraction of sp³-hybridized carbons (Fsp3) is 0.451. The molecule has 4 bridgehead atoms. The molecule has 14 nitrogen and oxygen atoms in total. The highest BCUT2D eigenvalue weighted by molar-refractivity contribution is 5.87. The first-order valence-corrected chi connectivity index (χ1v) is 23.1. The summed E-state index contributed by atoms with van der Waals surface area (Å²) in [6, 6.07) is 20.4. The monoisotopic (exact) mass is 882 g/mol. The van der Waals surface area contributed by atoms with E-state index >= 15 is 0 Å². The van der Waals surface area contributed by atoms with E-state index in [0.717, 1.165) is 84.7 Å². The molecule has 2 aliphatic heterocycles. The first-order valence-electron chi connectivity index (χ1n) is 23.1. The van der Waals surface area contributed by atoms with Crippen LogP contribution in [0.5, 0.6) is 0 Å². The molecule has 4 heterocycles. The highest BCUT2D eigenvalue weighted by Crippen LogP contribution is 2.39. The third-order valence-electron chi connectivity index (χ3n) is 13.5. The predicted octanol–water partition coefficient (Wildman–Crippen LogP) is 8.67. The number of imidazole rings is 2. The van der Waals surface area contributed by atoms with Gasteiger partial charge in [-0.3, -0.25) is 9.59 Å². The van der Waals surface area contributed by atoms with Crippen LogP contribution >= 0.6 is 0 Å². The van der Waals surface area contributed by atoms with E-state index in [1.54, 1.807) is 0 Å². The molecule has 0 spiro atoms. The molecule has 4 amide bonds. The highest BCUT2D eigenvalue weighted by atomic mass is 16.5.